The maximum atomic E-state index is 12.4. The van der Waals surface area contributed by atoms with Crippen LogP contribution < -0.4 is 0 Å². The minimum Gasteiger partial charge on any atom is -0.342 e. The molecule has 25 heavy (non-hydrogen) atoms. The van der Waals surface area contributed by atoms with Crippen LogP contribution in [0.2, 0.25) is 0 Å². The van der Waals surface area contributed by atoms with Crippen molar-refractivity contribution in [1.82, 2.24) is 0 Å². The molecule has 0 aromatic rings. The summed E-state index contributed by atoms with van der Waals surface area (Å²) < 4.78 is 6.17. The first-order valence-corrected chi connectivity index (χ1v) is 11.3. The Morgan fingerprint density at radius 1 is 0.920 bits per heavy atom. The van der Waals surface area contributed by atoms with Crippen molar-refractivity contribution < 1.29 is 9.84 Å². The van der Waals surface area contributed by atoms with E-state index in [-0.39, 0.29) is 11.0 Å². The van der Waals surface area contributed by atoms with Crippen LogP contribution in [0.1, 0.15) is 118 Å². The molecule has 0 saturated heterocycles. The van der Waals surface area contributed by atoms with E-state index in [0.29, 0.717) is 18.3 Å². The fraction of sp³-hybridized carbons (Fsp3) is 1.00. The standard InChI is InChI=1S/C23H43O2/c1-5-6-7-8-9-10-11-12-13-14-15-21(24)25-23-18-19(2)16-17-20(23)22(23,3)4/h19-21H,5-18H2,1-4H3. The van der Waals surface area contributed by atoms with Crippen molar-refractivity contribution in [3.63, 3.8) is 0 Å². The second-order valence-corrected chi connectivity index (χ2v) is 9.57. The summed E-state index contributed by atoms with van der Waals surface area (Å²) in [6.45, 7) is 9.20. The molecule has 2 fully saturated rings. The number of hydrogen-bond acceptors (Lipinski definition) is 1. The lowest BCUT2D eigenvalue weighted by molar-refractivity contribution is -0.203. The maximum absolute atomic E-state index is 12.4. The van der Waals surface area contributed by atoms with Crippen LogP contribution in [-0.2, 0) is 9.84 Å². The Kier molecular flexibility index (Phi) is 8.27. The topological polar surface area (TPSA) is 29.1 Å². The van der Waals surface area contributed by atoms with E-state index >= 15 is 0 Å². The molecule has 2 heteroatoms. The number of fused-ring (bicyclic) bond motifs is 1. The highest BCUT2D eigenvalue weighted by Crippen LogP contribution is 2.71. The van der Waals surface area contributed by atoms with E-state index in [1.807, 2.05) is 0 Å². The highest BCUT2D eigenvalue weighted by atomic mass is 16.6. The van der Waals surface area contributed by atoms with Crippen LogP contribution in [0.25, 0.3) is 0 Å². The molecule has 147 valence electrons. The van der Waals surface area contributed by atoms with Crippen LogP contribution in [0, 0.1) is 17.3 Å². The van der Waals surface area contributed by atoms with Gasteiger partial charge in [0, 0.05) is 6.42 Å². The zero-order chi connectivity index (χ0) is 18.3. The predicted octanol–water partition coefficient (Wildman–Crippen LogP) is 7.29. The Hall–Kier alpha value is -0.0800. The molecule has 0 heterocycles. The molecule has 0 spiro atoms. The molecule has 4 unspecified atom stereocenters. The van der Waals surface area contributed by atoms with Crippen LogP contribution in [0.15, 0.2) is 0 Å². The van der Waals surface area contributed by atoms with E-state index in [1.165, 1.54) is 70.6 Å². The SMILES string of the molecule is CCCCCCCCCCCCC([O])OC12CC(C)CCC1C2(C)C. The number of unbranched alkanes of at least 4 members (excludes halogenated alkanes) is 9. The first kappa shape index (κ1) is 21.2. The van der Waals surface area contributed by atoms with Crippen LogP contribution in [0.3, 0.4) is 0 Å². The van der Waals surface area contributed by atoms with E-state index in [9.17, 15) is 5.11 Å². The summed E-state index contributed by atoms with van der Waals surface area (Å²) in [6.07, 6.45) is 16.7. The predicted molar refractivity (Wildman–Crippen MR) is 105 cm³/mol. The zero-order valence-electron chi connectivity index (χ0n) is 17.4. The maximum Gasteiger partial charge on any atom is 0.191 e. The van der Waals surface area contributed by atoms with Crippen molar-refractivity contribution in [3.05, 3.63) is 0 Å². The summed E-state index contributed by atoms with van der Waals surface area (Å²) >= 11 is 0. The summed E-state index contributed by atoms with van der Waals surface area (Å²) in [4.78, 5) is 0. The zero-order valence-corrected chi connectivity index (χ0v) is 17.4. The van der Waals surface area contributed by atoms with E-state index < -0.39 is 6.29 Å². The highest BCUT2D eigenvalue weighted by molar-refractivity contribution is 5.22. The molecule has 2 nitrogen and oxygen atoms in total. The largest absolute Gasteiger partial charge is 0.342 e. The van der Waals surface area contributed by atoms with Gasteiger partial charge in [0.05, 0.1) is 5.60 Å². The van der Waals surface area contributed by atoms with Gasteiger partial charge >= 0.3 is 0 Å². The highest BCUT2D eigenvalue weighted by Gasteiger charge is 2.73. The monoisotopic (exact) mass is 351 g/mol. The van der Waals surface area contributed by atoms with Gasteiger partial charge in [-0.1, -0.05) is 91.9 Å². The van der Waals surface area contributed by atoms with Crippen molar-refractivity contribution >= 4 is 0 Å². The van der Waals surface area contributed by atoms with Gasteiger partial charge in [0.25, 0.3) is 0 Å². The first-order chi connectivity index (χ1) is 11.9. The second kappa shape index (κ2) is 9.74. The summed E-state index contributed by atoms with van der Waals surface area (Å²) in [5.74, 6) is 1.34. The molecule has 2 aliphatic rings. The van der Waals surface area contributed by atoms with Gasteiger partial charge in [-0.05, 0) is 36.5 Å². The molecule has 0 aliphatic heterocycles. The Morgan fingerprint density at radius 2 is 1.48 bits per heavy atom. The van der Waals surface area contributed by atoms with Crippen molar-refractivity contribution in [2.45, 2.75) is 129 Å². The van der Waals surface area contributed by atoms with Gasteiger partial charge in [-0.3, -0.25) is 0 Å². The Bertz CT molecular complexity index is 378. The van der Waals surface area contributed by atoms with Gasteiger partial charge in [-0.25, -0.2) is 5.11 Å². The molecule has 2 rings (SSSR count). The van der Waals surface area contributed by atoms with Crippen LogP contribution in [0.5, 0.6) is 0 Å². The molecule has 2 saturated carbocycles. The summed E-state index contributed by atoms with van der Waals surface area (Å²) in [7, 11) is 0. The molecular weight excluding hydrogens is 308 g/mol. The van der Waals surface area contributed by atoms with Gasteiger partial charge in [0.1, 0.15) is 0 Å². The van der Waals surface area contributed by atoms with E-state index in [0.717, 1.165) is 12.8 Å². The molecule has 0 amide bonds. The normalized spacial score (nSPS) is 31.6. The minimum absolute atomic E-state index is 0.0877. The fourth-order valence-electron chi connectivity index (χ4n) is 5.37. The summed E-state index contributed by atoms with van der Waals surface area (Å²) in [5, 5.41) is 12.4. The van der Waals surface area contributed by atoms with Crippen LogP contribution >= 0.6 is 0 Å². The third kappa shape index (κ3) is 5.45. The third-order valence-corrected chi connectivity index (χ3v) is 7.18. The third-order valence-electron chi connectivity index (χ3n) is 7.18. The molecule has 4 atom stereocenters. The number of hydrogen-bond donors (Lipinski definition) is 0. The van der Waals surface area contributed by atoms with Crippen molar-refractivity contribution in [1.29, 1.82) is 0 Å². The average molecular weight is 352 g/mol. The Labute approximate surface area is 157 Å². The van der Waals surface area contributed by atoms with Gasteiger partial charge in [0.2, 0.25) is 0 Å². The first-order valence-electron chi connectivity index (χ1n) is 11.3. The number of ether oxygens (including phenoxy) is 1. The minimum atomic E-state index is -0.802. The molecule has 0 aromatic heterocycles. The van der Waals surface area contributed by atoms with Gasteiger partial charge in [0.15, 0.2) is 6.29 Å². The average Bonchev–Trinajstić information content (AvgIpc) is 3.02. The number of rotatable bonds is 13. The lowest BCUT2D eigenvalue weighted by Crippen LogP contribution is -2.32. The van der Waals surface area contributed by atoms with E-state index in [4.69, 9.17) is 4.74 Å². The van der Waals surface area contributed by atoms with Gasteiger partial charge < -0.3 is 4.74 Å². The fourth-order valence-corrected chi connectivity index (χ4v) is 5.37. The quantitative estimate of drug-likeness (QED) is 0.253. The van der Waals surface area contributed by atoms with E-state index in [1.54, 1.807) is 0 Å². The summed E-state index contributed by atoms with van der Waals surface area (Å²) in [5.41, 5.74) is 0.133. The smallest absolute Gasteiger partial charge is 0.191 e. The van der Waals surface area contributed by atoms with Gasteiger partial charge in [-0.2, -0.15) is 0 Å². The van der Waals surface area contributed by atoms with Crippen molar-refractivity contribution in [2.75, 3.05) is 0 Å². The molecular formula is C23H43O2. The molecule has 0 bridgehead atoms. The summed E-state index contributed by atoms with van der Waals surface area (Å²) in [6, 6.07) is 0. The molecule has 0 N–H and O–H groups in total. The second-order valence-electron chi connectivity index (χ2n) is 9.57. The van der Waals surface area contributed by atoms with Crippen LogP contribution in [-0.4, -0.2) is 11.9 Å². The Balaban J connectivity index is 1.52. The molecule has 2 aliphatic carbocycles. The molecule has 1 radical (unpaired) electrons. The van der Waals surface area contributed by atoms with E-state index in [2.05, 4.69) is 27.7 Å². The Morgan fingerprint density at radius 3 is 2.08 bits per heavy atom. The lowest BCUT2D eigenvalue weighted by Gasteiger charge is -2.29. The van der Waals surface area contributed by atoms with Crippen molar-refractivity contribution in [3.8, 4) is 0 Å². The van der Waals surface area contributed by atoms with Gasteiger partial charge in [-0.15, -0.1) is 0 Å². The van der Waals surface area contributed by atoms with Crippen molar-refractivity contribution in [2.24, 2.45) is 17.3 Å². The lowest BCUT2D eigenvalue weighted by atomic mass is 9.88. The van der Waals surface area contributed by atoms with Crippen LogP contribution in [0.4, 0.5) is 0 Å². The molecule has 0 aromatic carbocycles.